The molecule has 0 spiro atoms. The Balaban J connectivity index is 1.57. The average Bonchev–Trinajstić information content (AvgIpc) is 3.36. The van der Waals surface area contributed by atoms with Gasteiger partial charge in [-0.1, -0.05) is 0 Å². The number of urea groups is 1. The van der Waals surface area contributed by atoms with Gasteiger partial charge in [0, 0.05) is 13.1 Å². The topological polar surface area (TPSA) is 104 Å². The van der Waals surface area contributed by atoms with Crippen LogP contribution in [-0.2, 0) is 19.3 Å². The number of hydrogen-bond acceptors (Lipinski definition) is 5. The van der Waals surface area contributed by atoms with Crippen LogP contribution in [0.1, 0.15) is 24.2 Å². The lowest BCUT2D eigenvalue weighted by Gasteiger charge is -2.10. The van der Waals surface area contributed by atoms with Gasteiger partial charge in [0.05, 0.1) is 30.7 Å². The summed E-state index contributed by atoms with van der Waals surface area (Å²) >= 11 is 0. The van der Waals surface area contributed by atoms with Gasteiger partial charge in [-0.3, -0.25) is 4.68 Å². The van der Waals surface area contributed by atoms with E-state index < -0.39 is 17.9 Å². The number of carbonyl (C=O) groups is 1. The van der Waals surface area contributed by atoms with Gasteiger partial charge in [-0.25, -0.2) is 9.78 Å². The summed E-state index contributed by atoms with van der Waals surface area (Å²) in [6.07, 6.45) is -1.14. The van der Waals surface area contributed by atoms with Gasteiger partial charge in [-0.15, -0.1) is 0 Å². The van der Waals surface area contributed by atoms with E-state index in [4.69, 9.17) is 5.11 Å². The summed E-state index contributed by atoms with van der Waals surface area (Å²) in [5, 5.41) is 20.4. The van der Waals surface area contributed by atoms with E-state index >= 15 is 0 Å². The van der Waals surface area contributed by atoms with Crippen molar-refractivity contribution in [1.29, 1.82) is 0 Å². The Labute approximate surface area is 159 Å². The molecule has 2 heterocycles. The zero-order chi connectivity index (χ0) is 20.1. The van der Waals surface area contributed by atoms with Gasteiger partial charge in [-0.2, -0.15) is 18.3 Å². The van der Waals surface area contributed by atoms with Crippen molar-refractivity contribution in [2.24, 2.45) is 5.92 Å². The number of amides is 2. The molecule has 0 radical (unpaired) electrons. The molecule has 1 saturated carbocycles. The molecule has 2 aromatic heterocycles. The lowest BCUT2D eigenvalue weighted by molar-refractivity contribution is -0.141. The zero-order valence-electron chi connectivity index (χ0n) is 15.0. The Kier molecular flexibility index (Phi) is 6.02. The number of pyridine rings is 1. The molecule has 3 rings (SSSR count). The molecule has 1 fully saturated rings. The average molecular weight is 398 g/mol. The standard InChI is InChI=1S/C17H21F3N6O2/c18-17(19,20)14-7-13(26(25-14)10-11-1-2-11)9-23-16(28)24-12-3-4-15(22-8-12)21-5-6-27/h3-4,7-8,11,27H,1-2,5-6,9-10H2,(H,21,22)(H2,23,24,28). The van der Waals surface area contributed by atoms with E-state index in [0.29, 0.717) is 36.2 Å². The summed E-state index contributed by atoms with van der Waals surface area (Å²) in [6.45, 7) is 0.665. The van der Waals surface area contributed by atoms with Crippen LogP contribution in [0.3, 0.4) is 0 Å². The fourth-order valence-corrected chi connectivity index (χ4v) is 2.54. The number of nitrogens with one attached hydrogen (secondary N) is 3. The first-order valence-corrected chi connectivity index (χ1v) is 8.84. The maximum absolute atomic E-state index is 12.9. The van der Waals surface area contributed by atoms with E-state index in [2.05, 4.69) is 26.0 Å². The number of carbonyl (C=O) groups excluding carboxylic acids is 1. The van der Waals surface area contributed by atoms with Crippen molar-refractivity contribution in [3.8, 4) is 0 Å². The number of rotatable bonds is 8. The van der Waals surface area contributed by atoms with Crippen molar-refractivity contribution in [3.05, 3.63) is 35.8 Å². The molecule has 28 heavy (non-hydrogen) atoms. The number of hydrogen-bond donors (Lipinski definition) is 4. The Morgan fingerprint density at radius 1 is 1.32 bits per heavy atom. The number of anilines is 2. The second kappa shape index (κ2) is 8.46. The van der Waals surface area contributed by atoms with Crippen molar-refractivity contribution in [2.45, 2.75) is 32.1 Å². The van der Waals surface area contributed by atoms with Gasteiger partial charge in [-0.05, 0) is 37.0 Å². The quantitative estimate of drug-likeness (QED) is 0.547. The van der Waals surface area contributed by atoms with Crippen LogP contribution in [0.4, 0.5) is 29.5 Å². The first kappa shape index (κ1) is 19.9. The molecule has 152 valence electrons. The van der Waals surface area contributed by atoms with Gasteiger partial charge in [0.1, 0.15) is 5.82 Å². The van der Waals surface area contributed by atoms with E-state index in [9.17, 15) is 18.0 Å². The summed E-state index contributed by atoms with van der Waals surface area (Å²) in [5.41, 5.74) is -0.230. The Morgan fingerprint density at radius 3 is 2.71 bits per heavy atom. The number of aliphatic hydroxyl groups is 1. The third-order valence-corrected chi connectivity index (χ3v) is 4.15. The highest BCUT2D eigenvalue weighted by atomic mass is 19.4. The second-order valence-electron chi connectivity index (χ2n) is 6.53. The minimum Gasteiger partial charge on any atom is -0.395 e. The van der Waals surface area contributed by atoms with E-state index in [0.717, 1.165) is 18.9 Å². The van der Waals surface area contributed by atoms with E-state index in [1.807, 2.05) is 0 Å². The predicted molar refractivity (Wildman–Crippen MR) is 95.6 cm³/mol. The van der Waals surface area contributed by atoms with Crippen LogP contribution < -0.4 is 16.0 Å². The van der Waals surface area contributed by atoms with Crippen LogP contribution in [0, 0.1) is 5.92 Å². The summed E-state index contributed by atoms with van der Waals surface area (Å²) in [7, 11) is 0. The van der Waals surface area contributed by atoms with Crippen LogP contribution in [0.15, 0.2) is 24.4 Å². The molecule has 8 nitrogen and oxygen atoms in total. The molecule has 11 heteroatoms. The molecule has 4 N–H and O–H groups in total. The molecule has 0 aromatic carbocycles. The zero-order valence-corrected chi connectivity index (χ0v) is 15.0. The highest BCUT2D eigenvalue weighted by Gasteiger charge is 2.35. The van der Waals surface area contributed by atoms with Crippen molar-refractivity contribution in [2.75, 3.05) is 23.8 Å². The molecule has 2 aromatic rings. The van der Waals surface area contributed by atoms with Gasteiger partial charge in [0.2, 0.25) is 0 Å². The lowest BCUT2D eigenvalue weighted by Crippen LogP contribution is -2.29. The maximum atomic E-state index is 12.9. The number of aliphatic hydroxyl groups excluding tert-OH is 1. The maximum Gasteiger partial charge on any atom is 0.435 e. The highest BCUT2D eigenvalue weighted by molar-refractivity contribution is 5.89. The molecular formula is C17H21F3N6O2. The van der Waals surface area contributed by atoms with Gasteiger partial charge in [0.25, 0.3) is 0 Å². The van der Waals surface area contributed by atoms with Gasteiger partial charge >= 0.3 is 12.2 Å². The number of alkyl halides is 3. The van der Waals surface area contributed by atoms with E-state index in [-0.39, 0.29) is 13.2 Å². The summed E-state index contributed by atoms with van der Waals surface area (Å²) in [4.78, 5) is 16.1. The molecule has 0 saturated heterocycles. The molecule has 2 amide bonds. The van der Waals surface area contributed by atoms with Crippen molar-refractivity contribution in [3.63, 3.8) is 0 Å². The summed E-state index contributed by atoms with van der Waals surface area (Å²) < 4.78 is 40.1. The Morgan fingerprint density at radius 2 is 2.11 bits per heavy atom. The normalized spacial score (nSPS) is 14.0. The van der Waals surface area contributed by atoms with Crippen LogP contribution >= 0.6 is 0 Å². The Hall–Kier alpha value is -2.82. The summed E-state index contributed by atoms with van der Waals surface area (Å²) in [5.74, 6) is 0.890. The first-order chi connectivity index (χ1) is 13.3. The third-order valence-electron chi connectivity index (χ3n) is 4.15. The highest BCUT2D eigenvalue weighted by Crippen LogP contribution is 2.33. The lowest BCUT2D eigenvalue weighted by atomic mass is 10.3. The largest absolute Gasteiger partial charge is 0.435 e. The molecule has 0 unspecified atom stereocenters. The molecule has 0 aliphatic heterocycles. The minimum absolute atomic E-state index is 0.0303. The molecular weight excluding hydrogens is 377 g/mol. The monoisotopic (exact) mass is 398 g/mol. The summed E-state index contributed by atoms with van der Waals surface area (Å²) in [6, 6.07) is 3.65. The SMILES string of the molecule is O=C(NCc1cc(C(F)(F)F)nn1CC1CC1)Nc1ccc(NCCO)nc1. The molecule has 0 atom stereocenters. The van der Waals surface area contributed by atoms with Crippen molar-refractivity contribution in [1.82, 2.24) is 20.1 Å². The first-order valence-electron chi connectivity index (χ1n) is 8.84. The number of aromatic nitrogens is 3. The number of halogens is 3. The smallest absolute Gasteiger partial charge is 0.395 e. The van der Waals surface area contributed by atoms with Gasteiger partial charge in [0.15, 0.2) is 5.69 Å². The second-order valence-corrected chi connectivity index (χ2v) is 6.53. The fourth-order valence-electron chi connectivity index (χ4n) is 2.54. The fraction of sp³-hybridized carbons (Fsp3) is 0.471. The van der Waals surface area contributed by atoms with Crippen LogP contribution in [0.5, 0.6) is 0 Å². The third kappa shape index (κ3) is 5.59. The van der Waals surface area contributed by atoms with E-state index in [1.54, 1.807) is 12.1 Å². The number of nitrogens with zero attached hydrogens (tertiary/aromatic N) is 3. The Bertz CT molecular complexity index is 802. The van der Waals surface area contributed by atoms with Crippen LogP contribution in [-0.4, -0.2) is 39.1 Å². The van der Waals surface area contributed by atoms with Crippen LogP contribution in [0.25, 0.3) is 0 Å². The van der Waals surface area contributed by atoms with Crippen LogP contribution in [0.2, 0.25) is 0 Å². The predicted octanol–water partition coefficient (Wildman–Crippen LogP) is 2.43. The van der Waals surface area contributed by atoms with Crippen molar-refractivity contribution >= 4 is 17.5 Å². The molecule has 1 aliphatic rings. The molecule has 0 bridgehead atoms. The van der Waals surface area contributed by atoms with Crippen molar-refractivity contribution < 1.29 is 23.1 Å². The minimum atomic E-state index is -4.52. The van der Waals surface area contributed by atoms with E-state index in [1.165, 1.54) is 10.9 Å². The van der Waals surface area contributed by atoms with Gasteiger partial charge < -0.3 is 21.1 Å². The molecule has 1 aliphatic carbocycles.